The standard InChI is InChI=1S/C21H17N5O2S/c27-20(13-25-23-21(22-24-25)19-11-6-12-29-19)26-16-9-4-5-10-18(16)28-14-17(26)15-7-2-1-3-8-15/h1-12,17H,13-14H2. The van der Waals surface area contributed by atoms with Gasteiger partial charge in [0.05, 0.1) is 16.6 Å². The van der Waals surface area contributed by atoms with Gasteiger partial charge in [-0.05, 0) is 34.4 Å². The van der Waals surface area contributed by atoms with Crippen molar-refractivity contribution in [1.29, 1.82) is 0 Å². The highest BCUT2D eigenvalue weighted by Crippen LogP contribution is 2.39. The molecule has 29 heavy (non-hydrogen) atoms. The molecule has 0 fully saturated rings. The lowest BCUT2D eigenvalue weighted by atomic mass is 10.0. The Labute approximate surface area is 171 Å². The predicted molar refractivity (Wildman–Crippen MR) is 110 cm³/mol. The monoisotopic (exact) mass is 403 g/mol. The Morgan fingerprint density at radius 3 is 2.72 bits per heavy atom. The summed E-state index contributed by atoms with van der Waals surface area (Å²) in [6.07, 6.45) is 0. The van der Waals surface area contributed by atoms with Gasteiger partial charge in [-0.2, -0.15) is 4.80 Å². The number of amides is 1. The number of carbonyl (C=O) groups excluding carboxylic acids is 1. The number of benzene rings is 2. The highest BCUT2D eigenvalue weighted by atomic mass is 32.1. The Hall–Kier alpha value is -3.52. The second kappa shape index (κ2) is 7.48. The first-order chi connectivity index (χ1) is 14.3. The molecule has 144 valence electrons. The van der Waals surface area contributed by atoms with Crippen LogP contribution in [0.1, 0.15) is 11.6 Å². The number of nitrogens with zero attached hydrogens (tertiary/aromatic N) is 5. The number of hydrogen-bond donors (Lipinski definition) is 0. The Morgan fingerprint density at radius 1 is 1.07 bits per heavy atom. The van der Waals surface area contributed by atoms with Crippen LogP contribution < -0.4 is 9.64 Å². The van der Waals surface area contributed by atoms with Gasteiger partial charge in [-0.25, -0.2) is 0 Å². The van der Waals surface area contributed by atoms with Gasteiger partial charge in [-0.15, -0.1) is 21.5 Å². The van der Waals surface area contributed by atoms with E-state index in [0.717, 1.165) is 16.1 Å². The van der Waals surface area contributed by atoms with Gasteiger partial charge in [-0.1, -0.05) is 48.5 Å². The average Bonchev–Trinajstić information content (AvgIpc) is 3.45. The molecule has 1 aliphatic rings. The van der Waals surface area contributed by atoms with Gasteiger partial charge in [0, 0.05) is 0 Å². The van der Waals surface area contributed by atoms with E-state index in [1.807, 2.05) is 72.1 Å². The molecular weight excluding hydrogens is 386 g/mol. The Kier molecular flexibility index (Phi) is 4.53. The number of rotatable bonds is 4. The molecule has 1 atom stereocenters. The average molecular weight is 403 g/mol. The van der Waals surface area contributed by atoms with Crippen LogP contribution in [0, 0.1) is 0 Å². The molecule has 7 nitrogen and oxygen atoms in total. The fourth-order valence-electron chi connectivity index (χ4n) is 3.43. The maximum atomic E-state index is 13.4. The van der Waals surface area contributed by atoms with Crippen molar-refractivity contribution < 1.29 is 9.53 Å². The highest BCUT2D eigenvalue weighted by Gasteiger charge is 2.33. The summed E-state index contributed by atoms with van der Waals surface area (Å²) in [5.41, 5.74) is 1.76. The summed E-state index contributed by atoms with van der Waals surface area (Å²) in [5.74, 6) is 1.10. The van der Waals surface area contributed by atoms with Crippen molar-refractivity contribution in [1.82, 2.24) is 20.2 Å². The maximum Gasteiger partial charge on any atom is 0.251 e. The summed E-state index contributed by atoms with van der Waals surface area (Å²) in [4.78, 5) is 17.4. The Balaban J connectivity index is 1.46. The molecule has 5 rings (SSSR count). The van der Waals surface area contributed by atoms with Gasteiger partial charge in [0.1, 0.15) is 18.9 Å². The quantitative estimate of drug-likeness (QED) is 0.521. The van der Waals surface area contributed by atoms with Crippen LogP contribution in [-0.4, -0.2) is 32.7 Å². The van der Waals surface area contributed by atoms with Crippen LogP contribution in [0.3, 0.4) is 0 Å². The minimum atomic E-state index is -0.223. The fraction of sp³-hybridized carbons (Fsp3) is 0.143. The van der Waals surface area contributed by atoms with Gasteiger partial charge >= 0.3 is 0 Å². The minimum absolute atomic E-state index is 0.00393. The molecule has 0 N–H and O–H groups in total. The Morgan fingerprint density at radius 2 is 1.90 bits per heavy atom. The first-order valence-electron chi connectivity index (χ1n) is 9.20. The molecule has 0 aliphatic carbocycles. The number of carbonyl (C=O) groups is 1. The van der Waals surface area contributed by atoms with Gasteiger partial charge < -0.3 is 4.74 Å². The molecule has 0 radical (unpaired) electrons. The summed E-state index contributed by atoms with van der Waals surface area (Å²) in [6, 6.07) is 21.1. The molecule has 1 unspecified atom stereocenters. The number of tetrazole rings is 1. The number of aromatic nitrogens is 4. The first kappa shape index (κ1) is 17.6. The zero-order valence-electron chi connectivity index (χ0n) is 15.4. The van der Waals surface area contributed by atoms with E-state index in [1.165, 1.54) is 16.1 Å². The summed E-state index contributed by atoms with van der Waals surface area (Å²) in [7, 11) is 0. The van der Waals surface area contributed by atoms with E-state index in [0.29, 0.717) is 18.2 Å². The zero-order valence-corrected chi connectivity index (χ0v) is 16.2. The van der Waals surface area contributed by atoms with Crippen molar-refractivity contribution >= 4 is 22.9 Å². The van der Waals surface area contributed by atoms with E-state index >= 15 is 0 Å². The van der Waals surface area contributed by atoms with Crippen molar-refractivity contribution in [3.8, 4) is 16.5 Å². The number of hydrogen-bond acceptors (Lipinski definition) is 6. The van der Waals surface area contributed by atoms with Crippen molar-refractivity contribution in [2.75, 3.05) is 11.5 Å². The summed E-state index contributed by atoms with van der Waals surface area (Å²) >= 11 is 1.53. The SMILES string of the molecule is O=C(Cn1nnc(-c2cccs2)n1)N1c2ccccc2OCC1c1ccccc1. The number of thiophene rings is 1. The summed E-state index contributed by atoms with van der Waals surface area (Å²) in [6.45, 7) is 0.383. The summed E-state index contributed by atoms with van der Waals surface area (Å²) < 4.78 is 5.93. The van der Waals surface area contributed by atoms with E-state index in [-0.39, 0.29) is 18.5 Å². The number of para-hydroxylation sites is 2. The van der Waals surface area contributed by atoms with Crippen LogP contribution in [0.5, 0.6) is 5.75 Å². The molecular formula is C21H17N5O2S. The summed E-state index contributed by atoms with van der Waals surface area (Å²) in [5, 5.41) is 14.5. The van der Waals surface area contributed by atoms with Crippen LogP contribution in [0.25, 0.3) is 10.7 Å². The maximum absolute atomic E-state index is 13.4. The van der Waals surface area contributed by atoms with Crippen LogP contribution in [-0.2, 0) is 11.3 Å². The van der Waals surface area contributed by atoms with E-state index in [9.17, 15) is 4.79 Å². The van der Waals surface area contributed by atoms with Crippen molar-refractivity contribution in [3.05, 3.63) is 77.7 Å². The van der Waals surface area contributed by atoms with Crippen LogP contribution >= 0.6 is 11.3 Å². The fourth-order valence-corrected chi connectivity index (χ4v) is 4.08. The van der Waals surface area contributed by atoms with E-state index in [2.05, 4.69) is 15.4 Å². The van der Waals surface area contributed by atoms with Crippen molar-refractivity contribution in [2.24, 2.45) is 0 Å². The molecule has 3 heterocycles. The van der Waals surface area contributed by atoms with E-state index in [4.69, 9.17) is 4.74 Å². The molecule has 1 amide bonds. The first-order valence-corrected chi connectivity index (χ1v) is 10.1. The molecule has 2 aromatic heterocycles. The molecule has 0 saturated heterocycles. The van der Waals surface area contributed by atoms with Crippen molar-refractivity contribution in [3.63, 3.8) is 0 Å². The van der Waals surface area contributed by atoms with E-state index in [1.54, 1.807) is 4.90 Å². The van der Waals surface area contributed by atoms with Crippen LogP contribution in [0.2, 0.25) is 0 Å². The minimum Gasteiger partial charge on any atom is -0.489 e. The topological polar surface area (TPSA) is 73.1 Å². The predicted octanol–water partition coefficient (Wildman–Crippen LogP) is 3.57. The lowest BCUT2D eigenvalue weighted by Crippen LogP contribution is -2.43. The smallest absolute Gasteiger partial charge is 0.251 e. The number of anilines is 1. The second-order valence-corrected chi connectivity index (χ2v) is 7.54. The number of fused-ring (bicyclic) bond motifs is 1. The lowest BCUT2D eigenvalue weighted by molar-refractivity contribution is -0.120. The molecule has 2 aromatic carbocycles. The zero-order chi connectivity index (χ0) is 19.6. The highest BCUT2D eigenvalue weighted by molar-refractivity contribution is 7.13. The lowest BCUT2D eigenvalue weighted by Gasteiger charge is -2.37. The van der Waals surface area contributed by atoms with Gasteiger partial charge in [0.2, 0.25) is 5.82 Å². The van der Waals surface area contributed by atoms with Gasteiger partial charge in [0.25, 0.3) is 5.91 Å². The third-order valence-corrected chi connectivity index (χ3v) is 5.62. The molecule has 8 heteroatoms. The van der Waals surface area contributed by atoms with E-state index < -0.39 is 0 Å². The molecule has 4 aromatic rings. The van der Waals surface area contributed by atoms with Crippen LogP contribution in [0.4, 0.5) is 5.69 Å². The number of ether oxygens (including phenoxy) is 1. The third-order valence-electron chi connectivity index (χ3n) is 4.76. The largest absolute Gasteiger partial charge is 0.489 e. The molecule has 0 spiro atoms. The van der Waals surface area contributed by atoms with Crippen LogP contribution in [0.15, 0.2) is 72.1 Å². The Bertz CT molecular complexity index is 1130. The van der Waals surface area contributed by atoms with Crippen molar-refractivity contribution in [2.45, 2.75) is 12.6 Å². The normalized spacial score (nSPS) is 15.6. The van der Waals surface area contributed by atoms with Gasteiger partial charge in [0.15, 0.2) is 0 Å². The molecule has 1 aliphatic heterocycles. The second-order valence-electron chi connectivity index (χ2n) is 6.59. The van der Waals surface area contributed by atoms with Gasteiger partial charge in [-0.3, -0.25) is 9.69 Å². The molecule has 0 bridgehead atoms. The third kappa shape index (κ3) is 3.38. The molecule has 0 saturated carbocycles.